The molecular weight excluding hydrogens is 611 g/mol. The molecule has 0 aliphatic heterocycles. The van der Waals surface area contributed by atoms with Gasteiger partial charge in [-0.2, -0.15) is 5.26 Å². The van der Waals surface area contributed by atoms with Gasteiger partial charge in [0.2, 0.25) is 0 Å². The Labute approximate surface area is 288 Å². The number of hydrogen-bond donors (Lipinski definition) is 0. The summed E-state index contributed by atoms with van der Waals surface area (Å²) in [7, 11) is 0. The molecule has 2 heterocycles. The molecule has 0 atom stereocenters. The first-order valence-corrected chi connectivity index (χ1v) is 16.2. The number of fused-ring (bicyclic) bond motifs is 6. The molecular formula is C45H25N5. The minimum absolute atomic E-state index is 0.583. The van der Waals surface area contributed by atoms with Gasteiger partial charge in [0.25, 0.3) is 0 Å². The summed E-state index contributed by atoms with van der Waals surface area (Å²) in [6.45, 7) is 15.3. The molecule has 0 bridgehead atoms. The molecule has 0 spiro atoms. The van der Waals surface area contributed by atoms with E-state index in [-0.39, 0.29) is 0 Å². The van der Waals surface area contributed by atoms with Gasteiger partial charge < -0.3 is 9.13 Å². The van der Waals surface area contributed by atoms with Crippen molar-refractivity contribution in [2.75, 3.05) is 0 Å². The molecule has 0 aliphatic carbocycles. The molecule has 9 aromatic rings. The van der Waals surface area contributed by atoms with Crippen molar-refractivity contribution in [2.24, 2.45) is 0 Å². The van der Waals surface area contributed by atoms with Gasteiger partial charge in [-0.1, -0.05) is 97.1 Å². The van der Waals surface area contributed by atoms with Gasteiger partial charge in [0.1, 0.15) is 0 Å². The Morgan fingerprint density at radius 2 is 1.10 bits per heavy atom. The van der Waals surface area contributed by atoms with Crippen LogP contribution in [0.15, 0.2) is 152 Å². The first-order valence-electron chi connectivity index (χ1n) is 16.2. The maximum absolute atomic E-state index is 9.69. The van der Waals surface area contributed by atoms with E-state index in [4.69, 9.17) is 13.1 Å². The Bertz CT molecular complexity index is 2900. The van der Waals surface area contributed by atoms with E-state index in [0.717, 1.165) is 66.5 Å². The van der Waals surface area contributed by atoms with E-state index < -0.39 is 0 Å². The third kappa shape index (κ3) is 4.45. The Morgan fingerprint density at radius 1 is 0.460 bits per heavy atom. The third-order valence-electron chi connectivity index (χ3n) is 9.57. The van der Waals surface area contributed by atoms with Crippen LogP contribution in [0.1, 0.15) is 5.56 Å². The quantitative estimate of drug-likeness (QED) is 0.177. The Balaban J connectivity index is 1.17. The maximum atomic E-state index is 9.69. The molecule has 0 fully saturated rings. The second-order valence-corrected chi connectivity index (χ2v) is 12.3. The van der Waals surface area contributed by atoms with Crippen molar-refractivity contribution in [3.05, 3.63) is 180 Å². The minimum Gasteiger partial charge on any atom is -0.310 e. The number of benzene rings is 7. The van der Waals surface area contributed by atoms with Crippen LogP contribution in [-0.2, 0) is 0 Å². The smallest absolute Gasteiger partial charge is 0.189 e. The van der Waals surface area contributed by atoms with Crippen molar-refractivity contribution in [3.8, 4) is 39.7 Å². The first kappa shape index (κ1) is 28.8. The van der Waals surface area contributed by atoms with E-state index in [2.05, 4.69) is 128 Å². The molecule has 0 aliphatic rings. The second-order valence-electron chi connectivity index (χ2n) is 12.3. The highest BCUT2D eigenvalue weighted by molar-refractivity contribution is 6.11. The highest BCUT2D eigenvalue weighted by Crippen LogP contribution is 2.39. The Morgan fingerprint density at radius 3 is 1.82 bits per heavy atom. The van der Waals surface area contributed by atoms with E-state index in [1.165, 1.54) is 10.8 Å². The lowest BCUT2D eigenvalue weighted by molar-refractivity contribution is 1.18. The van der Waals surface area contributed by atoms with E-state index in [0.29, 0.717) is 16.9 Å². The van der Waals surface area contributed by atoms with Gasteiger partial charge in [-0.05, 0) is 76.7 Å². The van der Waals surface area contributed by atoms with Gasteiger partial charge in [-0.3, -0.25) is 0 Å². The van der Waals surface area contributed by atoms with Crippen LogP contribution < -0.4 is 0 Å². The predicted molar refractivity (Wildman–Crippen MR) is 203 cm³/mol. The summed E-state index contributed by atoms with van der Waals surface area (Å²) in [5.41, 5.74) is 12.0. The molecule has 0 saturated carbocycles. The van der Waals surface area contributed by atoms with E-state index >= 15 is 0 Å². The highest BCUT2D eigenvalue weighted by atomic mass is 15.0. The van der Waals surface area contributed by atoms with Crippen LogP contribution in [0.5, 0.6) is 0 Å². The fourth-order valence-corrected chi connectivity index (χ4v) is 7.29. The molecule has 0 saturated heterocycles. The van der Waals surface area contributed by atoms with Crippen molar-refractivity contribution in [3.63, 3.8) is 0 Å². The summed E-state index contributed by atoms with van der Waals surface area (Å²) in [5.74, 6) is 0. The molecule has 0 unspecified atom stereocenters. The van der Waals surface area contributed by atoms with Gasteiger partial charge in [-0.15, -0.1) is 0 Å². The van der Waals surface area contributed by atoms with Crippen LogP contribution in [0.3, 0.4) is 0 Å². The largest absolute Gasteiger partial charge is 0.310 e. The predicted octanol–water partition coefficient (Wildman–Crippen LogP) is 12.2. The zero-order valence-electron chi connectivity index (χ0n) is 26.7. The fourth-order valence-electron chi connectivity index (χ4n) is 7.29. The van der Waals surface area contributed by atoms with Crippen LogP contribution >= 0.6 is 0 Å². The van der Waals surface area contributed by atoms with Crippen LogP contribution in [0.25, 0.3) is 86.9 Å². The van der Waals surface area contributed by atoms with E-state index in [9.17, 15) is 5.26 Å². The number of nitriles is 1. The fraction of sp³-hybridized carbons (Fsp3) is 0. The SMILES string of the molecule is [C-]#[N+]c1ccc(-c2ccc(-c3cccc(-n4c5ccc([N+]#[C-])cc5c5ccc(C#N)cc54)c3)cc2)c(-n2c3ccccc3c3ccccc32)c1. The average Bonchev–Trinajstić information content (AvgIpc) is 3.69. The van der Waals surface area contributed by atoms with Crippen LogP contribution in [-0.4, -0.2) is 9.13 Å². The topological polar surface area (TPSA) is 42.4 Å². The number of nitrogens with zero attached hydrogens (tertiary/aromatic N) is 5. The zero-order valence-corrected chi connectivity index (χ0v) is 26.7. The molecule has 0 N–H and O–H groups in total. The van der Waals surface area contributed by atoms with Crippen molar-refractivity contribution < 1.29 is 0 Å². The number of rotatable bonds is 4. The van der Waals surface area contributed by atoms with Crippen molar-refractivity contribution in [1.82, 2.24) is 9.13 Å². The summed E-state index contributed by atoms with van der Waals surface area (Å²) >= 11 is 0. The molecule has 5 heteroatoms. The number of para-hydroxylation sites is 2. The molecule has 0 amide bonds. The summed E-state index contributed by atoms with van der Waals surface area (Å²) in [6.07, 6.45) is 0. The summed E-state index contributed by atoms with van der Waals surface area (Å²) in [4.78, 5) is 7.44. The Hall–Kier alpha value is -7.39. The van der Waals surface area contributed by atoms with E-state index in [1.54, 1.807) is 0 Å². The van der Waals surface area contributed by atoms with Crippen molar-refractivity contribution in [2.45, 2.75) is 0 Å². The Kier molecular flexibility index (Phi) is 6.56. The van der Waals surface area contributed by atoms with Gasteiger partial charge in [-0.25, -0.2) is 9.69 Å². The van der Waals surface area contributed by atoms with Gasteiger partial charge in [0.05, 0.1) is 46.8 Å². The number of hydrogen-bond acceptors (Lipinski definition) is 1. The highest BCUT2D eigenvalue weighted by Gasteiger charge is 2.17. The molecule has 2 aromatic heterocycles. The number of aromatic nitrogens is 2. The van der Waals surface area contributed by atoms with Gasteiger partial charge in [0.15, 0.2) is 11.4 Å². The zero-order chi connectivity index (χ0) is 33.8. The lowest BCUT2D eigenvalue weighted by atomic mass is 9.98. The van der Waals surface area contributed by atoms with Gasteiger partial charge >= 0.3 is 0 Å². The van der Waals surface area contributed by atoms with Crippen molar-refractivity contribution in [1.29, 1.82) is 5.26 Å². The summed E-state index contributed by atoms with van der Waals surface area (Å²) in [6, 6.07) is 53.6. The second kappa shape index (κ2) is 11.4. The molecule has 0 radical (unpaired) electrons. The lowest BCUT2D eigenvalue weighted by Crippen LogP contribution is -1.97. The monoisotopic (exact) mass is 635 g/mol. The van der Waals surface area contributed by atoms with Crippen LogP contribution in [0, 0.1) is 24.5 Å². The average molecular weight is 636 g/mol. The van der Waals surface area contributed by atoms with Crippen LogP contribution in [0.4, 0.5) is 11.4 Å². The third-order valence-corrected chi connectivity index (χ3v) is 9.57. The van der Waals surface area contributed by atoms with E-state index in [1.807, 2.05) is 48.5 Å². The molecule has 230 valence electrons. The maximum Gasteiger partial charge on any atom is 0.189 e. The summed E-state index contributed by atoms with van der Waals surface area (Å²) in [5, 5.41) is 14.0. The molecule has 5 nitrogen and oxygen atoms in total. The normalized spacial score (nSPS) is 11.1. The first-order chi connectivity index (χ1) is 24.6. The minimum atomic E-state index is 0.583. The summed E-state index contributed by atoms with van der Waals surface area (Å²) < 4.78 is 4.45. The van der Waals surface area contributed by atoms with Crippen molar-refractivity contribution >= 4 is 55.0 Å². The lowest BCUT2D eigenvalue weighted by Gasteiger charge is -2.15. The molecule has 50 heavy (non-hydrogen) atoms. The standard InChI is InChI=1S/C45H25N5/c1-47-33-20-23-43-40(26-33)39-21-14-29(28-46)24-44(39)49(43)35-9-7-8-32(25-35)30-15-17-31(18-16-30)36-22-19-34(48-2)27-45(36)50-41-12-5-3-10-37(41)38-11-4-6-13-42(38)50/h3-27H. The van der Waals surface area contributed by atoms with Crippen LogP contribution in [0.2, 0.25) is 0 Å². The molecule has 7 aromatic carbocycles. The van der Waals surface area contributed by atoms with Gasteiger partial charge in [0, 0.05) is 33.1 Å². The molecule has 9 rings (SSSR count).